The highest BCUT2D eigenvalue weighted by Gasteiger charge is 2.28. The van der Waals surface area contributed by atoms with E-state index in [0.29, 0.717) is 26.1 Å². The molecule has 25 heavy (non-hydrogen) atoms. The van der Waals surface area contributed by atoms with Gasteiger partial charge in [0.1, 0.15) is 0 Å². The lowest BCUT2D eigenvalue weighted by molar-refractivity contribution is -0.135. The van der Waals surface area contributed by atoms with Crippen molar-refractivity contribution in [2.75, 3.05) is 19.8 Å². The number of hydrogen-bond acceptors (Lipinski definition) is 4. The summed E-state index contributed by atoms with van der Waals surface area (Å²) >= 11 is 0. The zero-order valence-electron chi connectivity index (χ0n) is 15.3. The highest BCUT2D eigenvalue weighted by Crippen LogP contribution is 2.26. The molecule has 0 saturated carbocycles. The number of likely N-dealkylation sites (tertiary alicyclic amines) is 1. The van der Waals surface area contributed by atoms with Crippen molar-refractivity contribution in [3.8, 4) is 11.5 Å². The highest BCUT2D eigenvalue weighted by molar-refractivity contribution is 5.85. The molecule has 0 aliphatic carbocycles. The van der Waals surface area contributed by atoms with E-state index in [1.54, 1.807) is 0 Å². The lowest BCUT2D eigenvalue weighted by Gasteiger charge is -2.38. The van der Waals surface area contributed by atoms with Crippen molar-refractivity contribution in [2.45, 2.75) is 58.0 Å². The van der Waals surface area contributed by atoms with Gasteiger partial charge in [0, 0.05) is 25.0 Å². The molecule has 1 aromatic rings. The summed E-state index contributed by atoms with van der Waals surface area (Å²) in [6, 6.07) is 7.85. The van der Waals surface area contributed by atoms with Gasteiger partial charge in [0.2, 0.25) is 5.91 Å². The first-order valence-electron chi connectivity index (χ1n) is 9.03. The zero-order valence-corrected chi connectivity index (χ0v) is 16.1. The number of halogens is 1. The fourth-order valence-electron chi connectivity index (χ4n) is 3.21. The quantitative estimate of drug-likeness (QED) is 0.712. The molecule has 1 heterocycles. The third kappa shape index (κ3) is 6.40. The Hall–Kier alpha value is -1.46. The Balaban J connectivity index is 0.00000312. The van der Waals surface area contributed by atoms with Crippen LogP contribution < -0.4 is 15.2 Å². The van der Waals surface area contributed by atoms with E-state index in [-0.39, 0.29) is 30.4 Å². The molecule has 5 nitrogen and oxygen atoms in total. The second-order valence-corrected chi connectivity index (χ2v) is 6.34. The van der Waals surface area contributed by atoms with Crippen LogP contribution in [-0.2, 0) is 4.79 Å². The predicted molar refractivity (Wildman–Crippen MR) is 103 cm³/mol. The summed E-state index contributed by atoms with van der Waals surface area (Å²) in [5.74, 6) is 1.68. The Morgan fingerprint density at radius 3 is 2.60 bits per heavy atom. The Morgan fingerprint density at radius 1 is 1.28 bits per heavy atom. The molecule has 2 unspecified atom stereocenters. The zero-order chi connectivity index (χ0) is 17.4. The van der Waals surface area contributed by atoms with Crippen LogP contribution in [-0.4, -0.2) is 42.6 Å². The molecule has 1 aromatic carbocycles. The summed E-state index contributed by atoms with van der Waals surface area (Å²) in [5.41, 5.74) is 6.04. The van der Waals surface area contributed by atoms with Crippen LogP contribution in [0, 0.1) is 0 Å². The number of amides is 1. The number of carbonyl (C=O) groups excluding carboxylic acids is 1. The molecule has 1 fully saturated rings. The van der Waals surface area contributed by atoms with Crippen LogP contribution in [0.25, 0.3) is 0 Å². The van der Waals surface area contributed by atoms with Gasteiger partial charge in [-0.05, 0) is 51.7 Å². The number of rotatable bonds is 8. The molecule has 6 heteroatoms. The number of benzene rings is 1. The summed E-state index contributed by atoms with van der Waals surface area (Å²) in [6.07, 6.45) is 4.45. The van der Waals surface area contributed by atoms with E-state index >= 15 is 0 Å². The summed E-state index contributed by atoms with van der Waals surface area (Å²) in [7, 11) is 0. The Bertz CT molecular complexity index is 525. The monoisotopic (exact) mass is 370 g/mol. The van der Waals surface area contributed by atoms with Gasteiger partial charge in [-0.15, -0.1) is 12.4 Å². The van der Waals surface area contributed by atoms with E-state index in [2.05, 4.69) is 0 Å². The highest BCUT2D eigenvalue weighted by atomic mass is 35.5. The van der Waals surface area contributed by atoms with Crippen molar-refractivity contribution in [3.05, 3.63) is 24.3 Å². The van der Waals surface area contributed by atoms with Gasteiger partial charge in [-0.3, -0.25) is 4.79 Å². The van der Waals surface area contributed by atoms with Crippen molar-refractivity contribution >= 4 is 18.3 Å². The van der Waals surface area contributed by atoms with E-state index in [1.807, 2.05) is 43.0 Å². The largest absolute Gasteiger partial charge is 0.490 e. The molecule has 1 saturated heterocycles. The second kappa shape index (κ2) is 11.2. The van der Waals surface area contributed by atoms with Gasteiger partial charge in [0.15, 0.2) is 11.5 Å². The van der Waals surface area contributed by atoms with Gasteiger partial charge in [0.25, 0.3) is 0 Å². The standard InChI is InChI=1S/C19H30N2O3.ClH/c1-3-23-17-10-4-5-11-18(17)24-14-8-12-19(22)21-13-7-6-9-16(21)15(2)20;/h4-5,10-11,15-16H,3,6-9,12-14,20H2,1-2H3;1H. The number of piperidine rings is 1. The van der Waals surface area contributed by atoms with Crippen molar-refractivity contribution in [1.82, 2.24) is 4.90 Å². The van der Waals surface area contributed by atoms with Crippen LogP contribution in [0.2, 0.25) is 0 Å². The van der Waals surface area contributed by atoms with Crippen LogP contribution in [0.15, 0.2) is 24.3 Å². The normalized spacial score (nSPS) is 18.2. The molecular weight excluding hydrogens is 340 g/mol. The minimum absolute atomic E-state index is 0. The molecular formula is C19H31ClN2O3. The topological polar surface area (TPSA) is 64.8 Å². The smallest absolute Gasteiger partial charge is 0.222 e. The molecule has 1 amide bonds. The van der Waals surface area contributed by atoms with Crippen LogP contribution in [0.5, 0.6) is 11.5 Å². The maximum Gasteiger partial charge on any atom is 0.222 e. The summed E-state index contributed by atoms with van der Waals surface area (Å²) in [4.78, 5) is 14.5. The van der Waals surface area contributed by atoms with Crippen molar-refractivity contribution in [3.63, 3.8) is 0 Å². The van der Waals surface area contributed by atoms with Gasteiger partial charge in [-0.25, -0.2) is 0 Å². The van der Waals surface area contributed by atoms with Gasteiger partial charge < -0.3 is 20.1 Å². The number of carbonyl (C=O) groups is 1. The Kier molecular flexibility index (Phi) is 9.68. The van der Waals surface area contributed by atoms with E-state index in [4.69, 9.17) is 15.2 Å². The molecule has 142 valence electrons. The van der Waals surface area contributed by atoms with Crippen LogP contribution in [0.1, 0.15) is 46.0 Å². The van der Waals surface area contributed by atoms with Crippen molar-refractivity contribution < 1.29 is 14.3 Å². The molecule has 1 aliphatic rings. The van der Waals surface area contributed by atoms with Gasteiger partial charge in [0.05, 0.1) is 13.2 Å². The van der Waals surface area contributed by atoms with Crippen LogP contribution in [0.4, 0.5) is 0 Å². The third-order valence-corrected chi connectivity index (χ3v) is 4.42. The molecule has 0 aromatic heterocycles. The fraction of sp³-hybridized carbons (Fsp3) is 0.632. The molecule has 0 radical (unpaired) electrons. The minimum Gasteiger partial charge on any atom is -0.490 e. The van der Waals surface area contributed by atoms with Crippen molar-refractivity contribution in [1.29, 1.82) is 0 Å². The van der Waals surface area contributed by atoms with Gasteiger partial charge >= 0.3 is 0 Å². The average molecular weight is 371 g/mol. The fourth-order valence-corrected chi connectivity index (χ4v) is 3.21. The summed E-state index contributed by atoms with van der Waals surface area (Å²) < 4.78 is 11.3. The SMILES string of the molecule is CCOc1ccccc1OCCCC(=O)N1CCCCC1C(C)N.Cl. The maximum atomic E-state index is 12.5. The Morgan fingerprint density at radius 2 is 1.96 bits per heavy atom. The molecule has 2 atom stereocenters. The lowest BCUT2D eigenvalue weighted by atomic mass is 9.96. The number of nitrogens with two attached hydrogens (primary N) is 1. The molecule has 0 spiro atoms. The number of nitrogens with zero attached hydrogens (tertiary/aromatic N) is 1. The van der Waals surface area contributed by atoms with Gasteiger partial charge in [-0.1, -0.05) is 12.1 Å². The summed E-state index contributed by atoms with van der Waals surface area (Å²) in [6.45, 7) is 5.88. The van der Waals surface area contributed by atoms with Gasteiger partial charge in [-0.2, -0.15) is 0 Å². The van der Waals surface area contributed by atoms with Crippen LogP contribution >= 0.6 is 12.4 Å². The van der Waals surface area contributed by atoms with E-state index < -0.39 is 0 Å². The van der Waals surface area contributed by atoms with E-state index in [1.165, 1.54) is 0 Å². The number of ether oxygens (including phenoxy) is 2. The average Bonchev–Trinajstić information content (AvgIpc) is 2.60. The lowest BCUT2D eigenvalue weighted by Crippen LogP contribution is -2.51. The first-order chi connectivity index (χ1) is 11.6. The number of hydrogen-bond donors (Lipinski definition) is 1. The first-order valence-corrected chi connectivity index (χ1v) is 9.03. The number of para-hydroxylation sites is 2. The van der Waals surface area contributed by atoms with E-state index in [0.717, 1.165) is 37.3 Å². The molecule has 1 aliphatic heterocycles. The Labute approximate surface area is 157 Å². The van der Waals surface area contributed by atoms with E-state index in [9.17, 15) is 4.79 Å². The molecule has 2 rings (SSSR count). The molecule has 2 N–H and O–H groups in total. The summed E-state index contributed by atoms with van der Waals surface area (Å²) in [5, 5.41) is 0. The maximum absolute atomic E-state index is 12.5. The first kappa shape index (κ1) is 21.6. The second-order valence-electron chi connectivity index (χ2n) is 6.34. The van der Waals surface area contributed by atoms with Crippen molar-refractivity contribution in [2.24, 2.45) is 5.73 Å². The minimum atomic E-state index is 0. The van der Waals surface area contributed by atoms with Crippen LogP contribution in [0.3, 0.4) is 0 Å². The predicted octanol–water partition coefficient (Wildman–Crippen LogP) is 3.39. The third-order valence-electron chi connectivity index (χ3n) is 4.42. The molecule has 0 bridgehead atoms.